The monoisotopic (exact) mass is 234 g/mol. The fourth-order valence-corrected chi connectivity index (χ4v) is 1.86. The highest BCUT2D eigenvalue weighted by Crippen LogP contribution is 2.39. The molecule has 2 N–H and O–H groups in total. The Hall–Kier alpha value is -1.65. The summed E-state index contributed by atoms with van der Waals surface area (Å²) >= 11 is 0. The molecule has 0 saturated carbocycles. The molecule has 4 nitrogen and oxygen atoms in total. The minimum Gasteiger partial charge on any atom is -0.482 e. The molecule has 2 rings (SSSR count). The van der Waals surface area contributed by atoms with Crippen LogP contribution in [0, 0.1) is 0 Å². The van der Waals surface area contributed by atoms with Crippen LogP contribution in [0.1, 0.15) is 28.9 Å². The lowest BCUT2D eigenvalue weighted by atomic mass is 10.0. The Bertz CT molecular complexity index is 478. The third-order valence-corrected chi connectivity index (χ3v) is 2.88. The van der Waals surface area contributed by atoms with Crippen molar-refractivity contribution in [2.45, 2.75) is 19.1 Å². The van der Waals surface area contributed by atoms with Crippen LogP contribution in [-0.4, -0.2) is 28.7 Å². The second kappa shape index (κ2) is 4.31. The molecule has 0 fully saturated rings. The van der Waals surface area contributed by atoms with Gasteiger partial charge in [-0.15, -0.1) is 0 Å². The summed E-state index contributed by atoms with van der Waals surface area (Å²) in [6.45, 7) is 4.87. The Labute approximate surface area is 99.2 Å². The van der Waals surface area contributed by atoms with Gasteiger partial charge in [-0.2, -0.15) is 0 Å². The van der Waals surface area contributed by atoms with Crippen molar-refractivity contribution in [2.24, 2.45) is 0 Å². The SMILES string of the molecule is C=C(CO)[C@@H]1Oc2cc(C(C)=O)ccc2[C@H]1O. The number of ether oxygens (including phenoxy) is 1. The van der Waals surface area contributed by atoms with Crippen molar-refractivity contribution >= 4 is 5.78 Å². The summed E-state index contributed by atoms with van der Waals surface area (Å²) < 4.78 is 5.50. The standard InChI is InChI=1S/C13H14O4/c1-7(6-14)13-12(16)10-4-3-9(8(2)15)5-11(10)17-13/h3-5,12-14,16H,1,6H2,2H3/t12-,13+/m1/s1. The number of fused-ring (bicyclic) bond motifs is 1. The highest BCUT2D eigenvalue weighted by molar-refractivity contribution is 5.94. The van der Waals surface area contributed by atoms with Gasteiger partial charge >= 0.3 is 0 Å². The number of Topliss-reactive ketones (excluding diaryl/α,β-unsaturated/α-hetero) is 1. The van der Waals surface area contributed by atoms with Crippen molar-refractivity contribution in [3.63, 3.8) is 0 Å². The Morgan fingerprint density at radius 1 is 1.53 bits per heavy atom. The molecule has 0 saturated heterocycles. The largest absolute Gasteiger partial charge is 0.482 e. The molecule has 0 amide bonds. The topological polar surface area (TPSA) is 66.8 Å². The van der Waals surface area contributed by atoms with Crippen LogP contribution in [-0.2, 0) is 0 Å². The average Bonchev–Trinajstić information content (AvgIpc) is 2.65. The quantitative estimate of drug-likeness (QED) is 0.610. The first-order valence-corrected chi connectivity index (χ1v) is 5.32. The van der Waals surface area contributed by atoms with Crippen LogP contribution >= 0.6 is 0 Å². The van der Waals surface area contributed by atoms with Crippen LogP contribution in [0.5, 0.6) is 5.75 Å². The number of carbonyl (C=O) groups is 1. The molecule has 1 aliphatic heterocycles. The number of hydrogen-bond acceptors (Lipinski definition) is 4. The van der Waals surface area contributed by atoms with Gasteiger partial charge in [-0.1, -0.05) is 18.7 Å². The van der Waals surface area contributed by atoms with Gasteiger partial charge in [-0.05, 0) is 18.6 Å². The molecule has 1 aromatic carbocycles. The molecule has 0 unspecified atom stereocenters. The van der Waals surface area contributed by atoms with Gasteiger partial charge in [-0.25, -0.2) is 0 Å². The molecule has 0 aliphatic carbocycles. The van der Waals surface area contributed by atoms with Gasteiger partial charge in [0.1, 0.15) is 11.9 Å². The molecule has 0 aromatic heterocycles. The number of aliphatic hydroxyl groups is 2. The second-order valence-corrected chi connectivity index (χ2v) is 4.11. The smallest absolute Gasteiger partial charge is 0.159 e. The van der Waals surface area contributed by atoms with Gasteiger partial charge in [0.2, 0.25) is 0 Å². The zero-order valence-electron chi connectivity index (χ0n) is 9.51. The van der Waals surface area contributed by atoms with E-state index in [0.717, 1.165) is 0 Å². The normalized spacial score (nSPS) is 21.8. The molecule has 1 aromatic rings. The van der Waals surface area contributed by atoms with E-state index in [2.05, 4.69) is 6.58 Å². The summed E-state index contributed by atoms with van der Waals surface area (Å²) in [7, 11) is 0. The summed E-state index contributed by atoms with van der Waals surface area (Å²) in [5.41, 5.74) is 1.57. The van der Waals surface area contributed by atoms with E-state index in [0.29, 0.717) is 22.4 Å². The van der Waals surface area contributed by atoms with Gasteiger partial charge in [-0.3, -0.25) is 4.79 Å². The number of ketones is 1. The van der Waals surface area contributed by atoms with Gasteiger partial charge in [0, 0.05) is 11.1 Å². The van der Waals surface area contributed by atoms with Crippen molar-refractivity contribution in [3.05, 3.63) is 41.5 Å². The van der Waals surface area contributed by atoms with Crippen LogP contribution in [0.2, 0.25) is 0 Å². The van der Waals surface area contributed by atoms with E-state index in [1.807, 2.05) is 0 Å². The third-order valence-electron chi connectivity index (χ3n) is 2.88. The lowest BCUT2D eigenvalue weighted by molar-refractivity contribution is 0.0825. The molecule has 90 valence electrons. The second-order valence-electron chi connectivity index (χ2n) is 4.11. The molecular formula is C13H14O4. The number of rotatable bonds is 3. The van der Waals surface area contributed by atoms with Crippen molar-refractivity contribution in [1.29, 1.82) is 0 Å². The van der Waals surface area contributed by atoms with Crippen molar-refractivity contribution in [1.82, 2.24) is 0 Å². The Morgan fingerprint density at radius 3 is 2.82 bits per heavy atom. The van der Waals surface area contributed by atoms with E-state index in [-0.39, 0.29) is 12.4 Å². The van der Waals surface area contributed by atoms with Crippen molar-refractivity contribution in [2.75, 3.05) is 6.61 Å². The van der Waals surface area contributed by atoms with Gasteiger partial charge in [0.15, 0.2) is 11.9 Å². The highest BCUT2D eigenvalue weighted by Gasteiger charge is 2.34. The average molecular weight is 234 g/mol. The van der Waals surface area contributed by atoms with Crippen LogP contribution in [0.15, 0.2) is 30.4 Å². The van der Waals surface area contributed by atoms with E-state index >= 15 is 0 Å². The molecule has 0 spiro atoms. The minimum atomic E-state index is -0.842. The van der Waals surface area contributed by atoms with Crippen molar-refractivity contribution < 1.29 is 19.7 Å². The maximum atomic E-state index is 11.2. The summed E-state index contributed by atoms with van der Waals surface area (Å²) in [5.74, 6) is 0.417. The molecular weight excluding hydrogens is 220 g/mol. The zero-order chi connectivity index (χ0) is 12.6. The third kappa shape index (κ3) is 1.97. The van der Waals surface area contributed by atoms with E-state index in [4.69, 9.17) is 9.84 Å². The fraction of sp³-hybridized carbons (Fsp3) is 0.308. The summed E-state index contributed by atoms with van der Waals surface area (Å²) in [6.07, 6.45) is -1.48. The molecule has 0 bridgehead atoms. The molecule has 2 atom stereocenters. The maximum Gasteiger partial charge on any atom is 0.159 e. The zero-order valence-corrected chi connectivity index (χ0v) is 9.51. The maximum absolute atomic E-state index is 11.2. The van der Waals surface area contributed by atoms with E-state index < -0.39 is 12.2 Å². The predicted octanol–water partition coefficient (Wildman–Crippen LogP) is 1.23. The lowest BCUT2D eigenvalue weighted by Crippen LogP contribution is -2.22. The Morgan fingerprint density at radius 2 is 2.24 bits per heavy atom. The first-order chi connectivity index (χ1) is 8.04. The molecule has 1 aliphatic rings. The van der Waals surface area contributed by atoms with E-state index in [1.54, 1.807) is 18.2 Å². The summed E-state index contributed by atoms with van der Waals surface area (Å²) in [4.78, 5) is 11.2. The molecule has 4 heteroatoms. The van der Waals surface area contributed by atoms with E-state index in [1.165, 1.54) is 6.92 Å². The van der Waals surface area contributed by atoms with Crippen LogP contribution in [0.4, 0.5) is 0 Å². The number of hydrogen-bond donors (Lipinski definition) is 2. The van der Waals surface area contributed by atoms with E-state index in [9.17, 15) is 9.90 Å². The first-order valence-electron chi connectivity index (χ1n) is 5.32. The Balaban J connectivity index is 2.34. The van der Waals surface area contributed by atoms with Crippen molar-refractivity contribution in [3.8, 4) is 5.75 Å². The summed E-state index contributed by atoms with van der Waals surface area (Å²) in [5, 5.41) is 19.0. The first kappa shape index (κ1) is 11.8. The molecule has 0 radical (unpaired) electrons. The molecule has 1 heterocycles. The number of carbonyl (C=O) groups excluding carboxylic acids is 1. The van der Waals surface area contributed by atoms with Crippen LogP contribution in [0.3, 0.4) is 0 Å². The number of benzene rings is 1. The lowest BCUT2D eigenvalue weighted by Gasteiger charge is -2.15. The van der Waals surface area contributed by atoms with Gasteiger partial charge < -0.3 is 14.9 Å². The summed E-state index contributed by atoms with van der Waals surface area (Å²) in [6, 6.07) is 4.92. The van der Waals surface area contributed by atoms with Gasteiger partial charge in [0.25, 0.3) is 0 Å². The highest BCUT2D eigenvalue weighted by atomic mass is 16.5. The molecule has 17 heavy (non-hydrogen) atoms. The fourth-order valence-electron chi connectivity index (χ4n) is 1.86. The van der Waals surface area contributed by atoms with Gasteiger partial charge in [0.05, 0.1) is 6.61 Å². The number of aliphatic hydroxyl groups excluding tert-OH is 2. The van der Waals surface area contributed by atoms with Crippen LogP contribution < -0.4 is 4.74 Å². The van der Waals surface area contributed by atoms with Crippen LogP contribution in [0.25, 0.3) is 0 Å². The Kier molecular flexibility index (Phi) is 3.00. The minimum absolute atomic E-state index is 0.0599. The predicted molar refractivity (Wildman–Crippen MR) is 62.0 cm³/mol.